The third kappa shape index (κ3) is 3.29. The van der Waals surface area contributed by atoms with Crippen LogP contribution in [0.4, 0.5) is 5.13 Å². The van der Waals surface area contributed by atoms with Crippen molar-refractivity contribution in [3.05, 3.63) is 64.2 Å². The van der Waals surface area contributed by atoms with Gasteiger partial charge in [-0.3, -0.25) is 10.1 Å². The Kier molecular flexibility index (Phi) is 4.59. The minimum absolute atomic E-state index is 0.292. The zero-order chi connectivity index (χ0) is 19.0. The van der Waals surface area contributed by atoms with Gasteiger partial charge in [0.2, 0.25) is 0 Å². The van der Waals surface area contributed by atoms with Crippen LogP contribution < -0.4 is 10.1 Å². The van der Waals surface area contributed by atoms with Gasteiger partial charge in [0, 0.05) is 21.9 Å². The van der Waals surface area contributed by atoms with Gasteiger partial charge in [-0.05, 0) is 31.2 Å². The average molecular weight is 399 g/mol. The van der Waals surface area contributed by atoms with Crippen LogP contribution in [0.25, 0.3) is 22.2 Å². The lowest BCUT2D eigenvalue weighted by Crippen LogP contribution is -2.11. The Hall–Kier alpha value is -2.83. The molecule has 0 spiro atoms. The maximum absolute atomic E-state index is 12.6. The van der Waals surface area contributed by atoms with Gasteiger partial charge >= 0.3 is 0 Å². The van der Waals surface area contributed by atoms with E-state index < -0.39 is 0 Å². The Balaban J connectivity index is 1.57. The van der Waals surface area contributed by atoms with Crippen LogP contribution in [0.2, 0.25) is 5.02 Å². The van der Waals surface area contributed by atoms with Crippen LogP contribution in [-0.2, 0) is 0 Å². The van der Waals surface area contributed by atoms with Crippen molar-refractivity contribution in [1.29, 1.82) is 0 Å². The monoisotopic (exact) mass is 398 g/mol. The van der Waals surface area contributed by atoms with E-state index in [-0.39, 0.29) is 5.91 Å². The van der Waals surface area contributed by atoms with Gasteiger partial charge < -0.3 is 9.15 Å². The summed E-state index contributed by atoms with van der Waals surface area (Å²) < 4.78 is 10.9. The van der Waals surface area contributed by atoms with E-state index in [1.807, 2.05) is 42.6 Å². The van der Waals surface area contributed by atoms with Gasteiger partial charge in [0.1, 0.15) is 11.3 Å². The fourth-order valence-corrected chi connectivity index (χ4v) is 3.81. The molecule has 0 saturated heterocycles. The number of anilines is 1. The summed E-state index contributed by atoms with van der Waals surface area (Å²) in [5.41, 5.74) is 3.06. The first-order valence-corrected chi connectivity index (χ1v) is 9.41. The molecule has 0 aliphatic rings. The predicted octanol–water partition coefficient (Wildman–Crippen LogP) is 5.78. The fraction of sp³-hybridized carbons (Fsp3) is 0.100. The summed E-state index contributed by atoms with van der Waals surface area (Å²) in [6, 6.07) is 13.0. The number of methoxy groups -OCH3 is 1. The Labute approximate surface area is 164 Å². The van der Waals surface area contributed by atoms with E-state index in [1.54, 1.807) is 19.2 Å². The highest BCUT2D eigenvalue weighted by molar-refractivity contribution is 7.14. The third-order valence-corrected chi connectivity index (χ3v) is 5.28. The molecule has 5 nitrogen and oxygen atoms in total. The van der Waals surface area contributed by atoms with Crippen molar-refractivity contribution < 1.29 is 13.9 Å². The Morgan fingerprint density at radius 2 is 2.07 bits per heavy atom. The minimum Gasteiger partial charge on any atom is -0.495 e. The number of halogens is 1. The fourth-order valence-electron chi connectivity index (χ4n) is 2.83. The summed E-state index contributed by atoms with van der Waals surface area (Å²) in [4.78, 5) is 17.1. The SMILES string of the molecule is COc1ccc(-c2csc(NC(=O)c3oc4ccccc4c3C)n2)cc1Cl. The number of carbonyl (C=O) groups is 1. The van der Waals surface area contributed by atoms with E-state index in [9.17, 15) is 4.79 Å². The Morgan fingerprint density at radius 3 is 2.81 bits per heavy atom. The summed E-state index contributed by atoms with van der Waals surface area (Å²) in [7, 11) is 1.57. The summed E-state index contributed by atoms with van der Waals surface area (Å²) >= 11 is 7.51. The summed E-state index contributed by atoms with van der Waals surface area (Å²) in [5, 5.41) is 6.58. The molecule has 4 aromatic rings. The molecule has 136 valence electrons. The smallest absolute Gasteiger partial charge is 0.293 e. The van der Waals surface area contributed by atoms with Crippen molar-refractivity contribution >= 4 is 44.9 Å². The first-order valence-electron chi connectivity index (χ1n) is 8.15. The molecule has 0 bridgehead atoms. The molecule has 1 N–H and O–H groups in total. The average Bonchev–Trinajstić information content (AvgIpc) is 3.27. The highest BCUT2D eigenvalue weighted by Gasteiger charge is 2.19. The lowest BCUT2D eigenvalue weighted by Gasteiger charge is -2.04. The molecule has 0 fully saturated rings. The summed E-state index contributed by atoms with van der Waals surface area (Å²) in [6.45, 7) is 1.87. The number of benzene rings is 2. The van der Waals surface area contributed by atoms with Gasteiger partial charge in [-0.2, -0.15) is 0 Å². The van der Waals surface area contributed by atoms with Crippen LogP contribution in [-0.4, -0.2) is 18.0 Å². The van der Waals surface area contributed by atoms with E-state index in [1.165, 1.54) is 11.3 Å². The lowest BCUT2D eigenvalue weighted by atomic mass is 10.1. The maximum Gasteiger partial charge on any atom is 0.293 e. The van der Waals surface area contributed by atoms with Crippen molar-refractivity contribution in [2.75, 3.05) is 12.4 Å². The van der Waals surface area contributed by atoms with E-state index in [0.717, 1.165) is 22.2 Å². The number of aromatic nitrogens is 1. The Morgan fingerprint density at radius 1 is 1.26 bits per heavy atom. The topological polar surface area (TPSA) is 64.4 Å². The molecule has 4 rings (SSSR count). The quantitative estimate of drug-likeness (QED) is 0.473. The molecular formula is C20H15ClN2O3S. The molecule has 0 atom stereocenters. The molecule has 1 amide bonds. The first kappa shape index (κ1) is 17.6. The van der Waals surface area contributed by atoms with Crippen molar-refractivity contribution in [1.82, 2.24) is 4.98 Å². The van der Waals surface area contributed by atoms with Crippen LogP contribution in [0, 0.1) is 6.92 Å². The van der Waals surface area contributed by atoms with E-state index in [4.69, 9.17) is 20.8 Å². The lowest BCUT2D eigenvalue weighted by molar-refractivity contribution is 0.0998. The molecule has 27 heavy (non-hydrogen) atoms. The number of aryl methyl sites for hydroxylation is 1. The number of furan rings is 1. The van der Waals surface area contributed by atoms with E-state index in [0.29, 0.717) is 27.2 Å². The number of thiazole rings is 1. The number of fused-ring (bicyclic) bond motifs is 1. The standard InChI is InChI=1S/C20H15ClN2O3S/c1-11-13-5-3-4-6-16(13)26-18(11)19(24)23-20-22-15(10-27-20)12-7-8-17(25-2)14(21)9-12/h3-10H,1-2H3,(H,22,23,24). The van der Waals surface area contributed by atoms with Crippen LogP contribution >= 0.6 is 22.9 Å². The number of nitrogens with zero attached hydrogens (tertiary/aromatic N) is 1. The molecule has 2 aromatic carbocycles. The van der Waals surface area contributed by atoms with Gasteiger partial charge in [0.25, 0.3) is 5.91 Å². The largest absolute Gasteiger partial charge is 0.495 e. The predicted molar refractivity (Wildman–Crippen MR) is 108 cm³/mol. The maximum atomic E-state index is 12.6. The van der Waals surface area contributed by atoms with E-state index >= 15 is 0 Å². The van der Waals surface area contributed by atoms with Crippen LogP contribution in [0.3, 0.4) is 0 Å². The second-order valence-electron chi connectivity index (χ2n) is 5.89. The molecule has 0 aliphatic carbocycles. The van der Waals surface area contributed by atoms with Gasteiger partial charge in [-0.15, -0.1) is 11.3 Å². The number of carbonyl (C=O) groups excluding carboxylic acids is 1. The second-order valence-corrected chi connectivity index (χ2v) is 7.16. The molecule has 0 aliphatic heterocycles. The highest BCUT2D eigenvalue weighted by Crippen LogP contribution is 2.32. The van der Waals surface area contributed by atoms with Gasteiger partial charge in [-0.25, -0.2) is 4.98 Å². The van der Waals surface area contributed by atoms with Crippen molar-refractivity contribution in [3.63, 3.8) is 0 Å². The van der Waals surface area contributed by atoms with Gasteiger partial charge in [-0.1, -0.05) is 29.8 Å². The number of hydrogen-bond acceptors (Lipinski definition) is 5. The zero-order valence-corrected chi connectivity index (χ0v) is 16.1. The molecule has 7 heteroatoms. The number of hydrogen-bond donors (Lipinski definition) is 1. The number of nitrogens with one attached hydrogen (secondary N) is 1. The third-order valence-electron chi connectivity index (χ3n) is 4.22. The zero-order valence-electron chi connectivity index (χ0n) is 14.6. The molecule has 2 heterocycles. The molecule has 0 radical (unpaired) electrons. The highest BCUT2D eigenvalue weighted by atomic mass is 35.5. The molecule has 0 unspecified atom stereocenters. The van der Waals surface area contributed by atoms with Gasteiger partial charge in [0.05, 0.1) is 17.8 Å². The van der Waals surface area contributed by atoms with Crippen molar-refractivity contribution in [2.45, 2.75) is 6.92 Å². The van der Waals surface area contributed by atoms with E-state index in [2.05, 4.69) is 10.3 Å². The number of amides is 1. The number of para-hydroxylation sites is 1. The second kappa shape index (κ2) is 7.06. The molecular weight excluding hydrogens is 384 g/mol. The Bertz CT molecular complexity index is 1150. The molecule has 2 aromatic heterocycles. The van der Waals surface area contributed by atoms with Crippen LogP contribution in [0.5, 0.6) is 5.75 Å². The van der Waals surface area contributed by atoms with Gasteiger partial charge in [0.15, 0.2) is 10.9 Å². The van der Waals surface area contributed by atoms with Crippen molar-refractivity contribution in [3.8, 4) is 17.0 Å². The first-order chi connectivity index (χ1) is 13.1. The van der Waals surface area contributed by atoms with Crippen molar-refractivity contribution in [2.24, 2.45) is 0 Å². The van der Waals surface area contributed by atoms with Crippen LogP contribution in [0.1, 0.15) is 16.1 Å². The summed E-state index contributed by atoms with van der Waals surface area (Å²) in [5.74, 6) is 0.572. The normalized spacial score (nSPS) is 10.9. The summed E-state index contributed by atoms with van der Waals surface area (Å²) in [6.07, 6.45) is 0. The minimum atomic E-state index is -0.322. The van der Waals surface area contributed by atoms with Crippen LogP contribution in [0.15, 0.2) is 52.3 Å². The number of rotatable bonds is 4. The number of ether oxygens (including phenoxy) is 1. The molecule has 0 saturated carbocycles.